The van der Waals surface area contributed by atoms with Gasteiger partial charge in [-0.3, -0.25) is 4.79 Å². The zero-order valence-electron chi connectivity index (χ0n) is 11.1. The fourth-order valence-electron chi connectivity index (χ4n) is 1.75. The number of aryl methyl sites for hydroxylation is 2. The summed E-state index contributed by atoms with van der Waals surface area (Å²) in [6, 6.07) is 0. The van der Waals surface area contributed by atoms with Gasteiger partial charge in [-0.2, -0.15) is 13.2 Å². The smallest absolute Gasteiger partial charge is 0.351 e. The van der Waals surface area contributed by atoms with Crippen LogP contribution in [0.3, 0.4) is 0 Å². The van der Waals surface area contributed by atoms with E-state index in [0.717, 1.165) is 17.2 Å². The largest absolute Gasteiger partial charge is 0.435 e. The predicted octanol–water partition coefficient (Wildman–Crippen LogP) is 2.56. The van der Waals surface area contributed by atoms with Gasteiger partial charge in [-0.15, -0.1) is 11.3 Å². The third-order valence-electron chi connectivity index (χ3n) is 2.64. The Bertz CT molecular complexity index is 607. The lowest BCUT2D eigenvalue weighted by molar-refractivity contribution is -0.141. The number of hydrogen-bond donors (Lipinski definition) is 2. The molecule has 0 atom stereocenters. The van der Waals surface area contributed by atoms with Gasteiger partial charge < -0.3 is 10.3 Å². The van der Waals surface area contributed by atoms with Crippen LogP contribution in [0.5, 0.6) is 0 Å². The Morgan fingerprint density at radius 2 is 2.24 bits per heavy atom. The lowest BCUT2D eigenvalue weighted by atomic mass is 10.3. The van der Waals surface area contributed by atoms with Gasteiger partial charge in [-0.1, -0.05) is 0 Å². The van der Waals surface area contributed by atoms with Gasteiger partial charge in [0, 0.05) is 25.4 Å². The summed E-state index contributed by atoms with van der Waals surface area (Å²) >= 11 is 0.743. The molecule has 9 heteroatoms. The molecule has 0 aliphatic rings. The summed E-state index contributed by atoms with van der Waals surface area (Å²) in [5.74, 6) is 0.0289. The maximum Gasteiger partial charge on any atom is 0.435 e. The second kappa shape index (κ2) is 6.25. The first-order valence-corrected chi connectivity index (χ1v) is 7.00. The van der Waals surface area contributed by atoms with Crippen molar-refractivity contribution in [2.24, 2.45) is 0 Å². The van der Waals surface area contributed by atoms with E-state index < -0.39 is 22.7 Å². The molecule has 2 rings (SSSR count). The molecule has 2 aromatic heterocycles. The van der Waals surface area contributed by atoms with Gasteiger partial charge in [-0.05, 0) is 13.3 Å². The van der Waals surface area contributed by atoms with Gasteiger partial charge in [-0.25, -0.2) is 9.97 Å². The molecule has 2 aromatic rings. The molecule has 0 fully saturated rings. The number of thiazole rings is 1. The van der Waals surface area contributed by atoms with Crippen molar-refractivity contribution in [3.05, 3.63) is 33.8 Å². The van der Waals surface area contributed by atoms with Crippen molar-refractivity contribution in [1.29, 1.82) is 0 Å². The molecule has 114 valence electrons. The van der Waals surface area contributed by atoms with Crippen LogP contribution in [0.1, 0.15) is 32.6 Å². The minimum Gasteiger partial charge on any atom is -0.351 e. The Morgan fingerprint density at radius 1 is 1.48 bits per heavy atom. The minimum absolute atomic E-state index is 0.211. The predicted molar refractivity (Wildman–Crippen MR) is 71.1 cm³/mol. The van der Waals surface area contributed by atoms with Crippen molar-refractivity contribution in [1.82, 2.24) is 20.3 Å². The van der Waals surface area contributed by atoms with Crippen LogP contribution in [-0.4, -0.2) is 27.4 Å². The van der Waals surface area contributed by atoms with Crippen LogP contribution in [0.4, 0.5) is 13.2 Å². The summed E-state index contributed by atoms with van der Waals surface area (Å²) in [6.45, 7) is 1.71. The zero-order chi connectivity index (χ0) is 15.5. The number of aromatic amines is 1. The van der Waals surface area contributed by atoms with Gasteiger partial charge in [0.1, 0.15) is 10.7 Å². The van der Waals surface area contributed by atoms with Crippen molar-refractivity contribution < 1.29 is 18.0 Å². The lowest BCUT2D eigenvalue weighted by Gasteiger charge is -2.07. The van der Waals surface area contributed by atoms with Crippen LogP contribution in [0, 0.1) is 6.92 Å². The maximum atomic E-state index is 12.7. The summed E-state index contributed by atoms with van der Waals surface area (Å²) in [4.78, 5) is 21.7. The zero-order valence-corrected chi connectivity index (χ0v) is 11.9. The summed E-state index contributed by atoms with van der Waals surface area (Å²) < 4.78 is 38.2. The fourth-order valence-corrected chi connectivity index (χ4v) is 2.60. The molecule has 0 spiro atoms. The highest BCUT2D eigenvalue weighted by Crippen LogP contribution is 2.34. The van der Waals surface area contributed by atoms with E-state index in [9.17, 15) is 18.0 Å². The van der Waals surface area contributed by atoms with E-state index >= 15 is 0 Å². The summed E-state index contributed by atoms with van der Waals surface area (Å²) in [5, 5.41) is 2.69. The molecule has 0 saturated carbocycles. The van der Waals surface area contributed by atoms with Crippen LogP contribution in [0.25, 0.3) is 0 Å². The summed E-state index contributed by atoms with van der Waals surface area (Å²) in [7, 11) is 0. The number of rotatable bonds is 5. The molecule has 0 bridgehead atoms. The van der Waals surface area contributed by atoms with E-state index in [1.165, 1.54) is 6.92 Å². The number of alkyl halides is 3. The number of carbonyl (C=O) groups excluding carboxylic acids is 1. The van der Waals surface area contributed by atoms with Crippen molar-refractivity contribution in [2.45, 2.75) is 25.9 Å². The van der Waals surface area contributed by atoms with Gasteiger partial charge in [0.05, 0.1) is 5.01 Å². The second-order valence-electron chi connectivity index (χ2n) is 4.30. The number of nitrogens with zero attached hydrogens (tertiary/aromatic N) is 2. The molecule has 0 aliphatic carbocycles. The highest BCUT2D eigenvalue weighted by molar-refractivity contribution is 7.13. The summed E-state index contributed by atoms with van der Waals surface area (Å²) in [5.41, 5.74) is -1.12. The Hall–Kier alpha value is -1.90. The van der Waals surface area contributed by atoms with E-state index in [4.69, 9.17) is 0 Å². The molecule has 2 heterocycles. The average molecular weight is 318 g/mol. The highest BCUT2D eigenvalue weighted by atomic mass is 32.1. The monoisotopic (exact) mass is 318 g/mol. The topological polar surface area (TPSA) is 70.7 Å². The van der Waals surface area contributed by atoms with Crippen LogP contribution >= 0.6 is 11.3 Å². The normalized spacial score (nSPS) is 11.6. The SMILES string of the molecule is Cc1nc(C(F)(F)F)c(C(=O)NCCCc2ncc[nH]2)s1. The molecule has 5 nitrogen and oxygen atoms in total. The quantitative estimate of drug-likeness (QED) is 0.832. The lowest BCUT2D eigenvalue weighted by Crippen LogP contribution is -2.26. The van der Waals surface area contributed by atoms with Crippen LogP contribution in [0.15, 0.2) is 12.4 Å². The molecule has 2 N–H and O–H groups in total. The third kappa shape index (κ3) is 4.03. The Labute approximate surface area is 122 Å². The van der Waals surface area contributed by atoms with Crippen LogP contribution in [0.2, 0.25) is 0 Å². The fraction of sp³-hybridized carbons (Fsp3) is 0.417. The summed E-state index contributed by atoms with van der Waals surface area (Å²) in [6.07, 6.45) is -0.127. The van der Waals surface area contributed by atoms with E-state index in [1.54, 1.807) is 12.4 Å². The number of imidazole rings is 1. The number of H-pyrrole nitrogens is 1. The molecule has 0 radical (unpaired) electrons. The van der Waals surface area contributed by atoms with Crippen molar-refractivity contribution in [2.75, 3.05) is 6.54 Å². The first-order valence-electron chi connectivity index (χ1n) is 6.19. The van der Waals surface area contributed by atoms with Gasteiger partial charge in [0.15, 0.2) is 5.69 Å². The first kappa shape index (κ1) is 15.5. The third-order valence-corrected chi connectivity index (χ3v) is 3.61. The number of hydrogen-bond acceptors (Lipinski definition) is 4. The molecule has 0 saturated heterocycles. The number of aromatic nitrogens is 3. The number of halogens is 3. The van der Waals surface area contributed by atoms with Gasteiger partial charge >= 0.3 is 6.18 Å². The maximum absolute atomic E-state index is 12.7. The Morgan fingerprint density at radius 3 is 2.86 bits per heavy atom. The van der Waals surface area contributed by atoms with E-state index in [1.807, 2.05) is 0 Å². The van der Waals surface area contributed by atoms with E-state index in [-0.39, 0.29) is 11.6 Å². The van der Waals surface area contributed by atoms with Gasteiger partial charge in [0.2, 0.25) is 0 Å². The molecule has 1 amide bonds. The van der Waals surface area contributed by atoms with Crippen LogP contribution < -0.4 is 5.32 Å². The van der Waals surface area contributed by atoms with Gasteiger partial charge in [0.25, 0.3) is 5.91 Å². The molecular weight excluding hydrogens is 305 g/mol. The van der Waals surface area contributed by atoms with E-state index in [2.05, 4.69) is 20.3 Å². The van der Waals surface area contributed by atoms with Crippen LogP contribution in [-0.2, 0) is 12.6 Å². The number of nitrogens with one attached hydrogen (secondary N) is 2. The first-order chi connectivity index (χ1) is 9.88. The molecule has 0 unspecified atom stereocenters. The number of carbonyl (C=O) groups is 1. The molecule has 21 heavy (non-hydrogen) atoms. The van der Waals surface area contributed by atoms with Crippen molar-refractivity contribution in [3.8, 4) is 0 Å². The van der Waals surface area contributed by atoms with E-state index in [0.29, 0.717) is 12.8 Å². The Balaban J connectivity index is 1.91. The van der Waals surface area contributed by atoms with Crippen molar-refractivity contribution in [3.63, 3.8) is 0 Å². The average Bonchev–Trinajstić information content (AvgIpc) is 3.02. The Kier molecular flexibility index (Phi) is 4.61. The number of amides is 1. The molecule has 0 aromatic carbocycles. The highest BCUT2D eigenvalue weighted by Gasteiger charge is 2.39. The molecule has 0 aliphatic heterocycles. The molecular formula is C12H13F3N4OS. The minimum atomic E-state index is -4.62. The van der Waals surface area contributed by atoms with Crippen molar-refractivity contribution >= 4 is 17.2 Å². The second-order valence-corrected chi connectivity index (χ2v) is 5.51. The standard InChI is InChI=1S/C12H13F3N4OS/c1-7-19-10(12(13,14)15)9(21-7)11(20)18-4-2-3-8-16-5-6-17-8/h5-6H,2-4H2,1H3,(H,16,17)(H,18,20).